The maximum atomic E-state index is 12.5. The highest BCUT2D eigenvalue weighted by Gasteiger charge is 2.32. The summed E-state index contributed by atoms with van der Waals surface area (Å²) in [4.78, 5) is 12.1. The highest BCUT2D eigenvalue weighted by Crippen LogP contribution is 2.40. The van der Waals surface area contributed by atoms with Gasteiger partial charge in [0.15, 0.2) is 0 Å². The molecule has 2 N–H and O–H groups in total. The van der Waals surface area contributed by atoms with Crippen LogP contribution in [0.3, 0.4) is 0 Å². The molecule has 1 rings (SSSR count). The van der Waals surface area contributed by atoms with Crippen LogP contribution < -0.4 is 10.6 Å². The minimum atomic E-state index is -4.39. The number of hydrogen-bond acceptors (Lipinski definition) is 3. The largest absolute Gasteiger partial charge is 0.446 e. The molecule has 1 amide bonds. The summed E-state index contributed by atoms with van der Waals surface area (Å²) in [5, 5.41) is 5.50. The second-order valence-corrected chi connectivity index (χ2v) is 5.76. The Kier molecular flexibility index (Phi) is 5.47. The summed E-state index contributed by atoms with van der Waals surface area (Å²) in [6, 6.07) is 5.86. The summed E-state index contributed by atoms with van der Waals surface area (Å²) in [7, 11) is 0. The van der Waals surface area contributed by atoms with Crippen molar-refractivity contribution in [3.05, 3.63) is 24.3 Å². The number of thioether (sulfide) groups is 1. The fourth-order valence-electron chi connectivity index (χ4n) is 1.58. The molecule has 20 heavy (non-hydrogen) atoms. The lowest BCUT2D eigenvalue weighted by Gasteiger charge is -2.25. The monoisotopic (exact) mass is 306 g/mol. The van der Waals surface area contributed by atoms with Gasteiger partial charge in [0.25, 0.3) is 0 Å². The zero-order chi connectivity index (χ0) is 15.4. The normalized spacial score (nSPS) is 12.3. The number of hydrogen-bond donors (Lipinski definition) is 2. The van der Waals surface area contributed by atoms with Crippen LogP contribution >= 0.6 is 11.8 Å². The molecular formula is C13H17F3N2OS. The molecule has 0 atom stereocenters. The molecule has 0 bridgehead atoms. The van der Waals surface area contributed by atoms with Crippen molar-refractivity contribution in [1.29, 1.82) is 0 Å². The molecule has 0 unspecified atom stereocenters. The topological polar surface area (TPSA) is 41.1 Å². The summed E-state index contributed by atoms with van der Waals surface area (Å²) in [5.41, 5.74) is -5.09. The molecule has 0 spiro atoms. The van der Waals surface area contributed by atoms with Crippen LogP contribution in [-0.2, 0) is 4.79 Å². The van der Waals surface area contributed by atoms with E-state index in [1.165, 1.54) is 18.2 Å². The second kappa shape index (κ2) is 6.49. The van der Waals surface area contributed by atoms with Crippen LogP contribution in [0.15, 0.2) is 29.2 Å². The number of alkyl halides is 3. The van der Waals surface area contributed by atoms with Gasteiger partial charge in [-0.05, 0) is 44.3 Å². The first kappa shape index (κ1) is 16.8. The molecule has 0 fully saturated rings. The highest BCUT2D eigenvalue weighted by molar-refractivity contribution is 8.00. The van der Waals surface area contributed by atoms with Crippen molar-refractivity contribution in [1.82, 2.24) is 5.32 Å². The number of benzene rings is 1. The van der Waals surface area contributed by atoms with Crippen LogP contribution in [0.5, 0.6) is 0 Å². The first-order valence-electron chi connectivity index (χ1n) is 6.07. The minimum Gasteiger partial charge on any atom is -0.323 e. The van der Waals surface area contributed by atoms with Gasteiger partial charge in [0.1, 0.15) is 0 Å². The SMILES string of the molecule is CCNC(C)(C)C(=O)Nc1ccccc1SC(F)(F)F. The fraction of sp³-hybridized carbons (Fsp3) is 0.462. The zero-order valence-electron chi connectivity index (χ0n) is 11.5. The Balaban J connectivity index is 2.90. The van der Waals surface area contributed by atoms with Crippen LogP contribution in [0.1, 0.15) is 20.8 Å². The van der Waals surface area contributed by atoms with E-state index < -0.39 is 11.0 Å². The van der Waals surface area contributed by atoms with E-state index in [2.05, 4.69) is 10.6 Å². The van der Waals surface area contributed by atoms with Crippen LogP contribution in [0, 0.1) is 0 Å². The molecule has 1 aromatic carbocycles. The minimum absolute atomic E-state index is 0.0272. The molecule has 0 saturated heterocycles. The first-order valence-corrected chi connectivity index (χ1v) is 6.88. The Morgan fingerprint density at radius 2 is 1.85 bits per heavy atom. The quantitative estimate of drug-likeness (QED) is 0.816. The molecule has 1 aromatic rings. The van der Waals surface area contributed by atoms with Crippen molar-refractivity contribution in [2.45, 2.75) is 36.7 Å². The highest BCUT2D eigenvalue weighted by atomic mass is 32.2. The van der Waals surface area contributed by atoms with Crippen LogP contribution in [0.2, 0.25) is 0 Å². The van der Waals surface area contributed by atoms with Gasteiger partial charge in [0.05, 0.1) is 11.2 Å². The first-order chi connectivity index (χ1) is 9.15. The average molecular weight is 306 g/mol. The lowest BCUT2D eigenvalue weighted by atomic mass is 10.0. The number of para-hydroxylation sites is 1. The molecule has 7 heteroatoms. The van der Waals surface area contributed by atoms with E-state index in [1.54, 1.807) is 19.9 Å². The Hall–Kier alpha value is -1.21. The van der Waals surface area contributed by atoms with Gasteiger partial charge in [-0.3, -0.25) is 4.79 Å². The van der Waals surface area contributed by atoms with E-state index in [0.29, 0.717) is 6.54 Å². The van der Waals surface area contributed by atoms with Crippen molar-refractivity contribution in [2.75, 3.05) is 11.9 Å². The number of carbonyl (C=O) groups is 1. The summed E-state index contributed by atoms with van der Waals surface area (Å²) in [5.74, 6) is -0.380. The van der Waals surface area contributed by atoms with E-state index in [-0.39, 0.29) is 28.3 Å². The van der Waals surface area contributed by atoms with Gasteiger partial charge in [0, 0.05) is 4.90 Å². The van der Waals surface area contributed by atoms with E-state index in [0.717, 1.165) is 0 Å². The Morgan fingerprint density at radius 3 is 2.40 bits per heavy atom. The number of halogens is 3. The Morgan fingerprint density at radius 1 is 1.25 bits per heavy atom. The summed E-state index contributed by atoms with van der Waals surface area (Å²) in [6.07, 6.45) is 0. The van der Waals surface area contributed by atoms with Crippen molar-refractivity contribution >= 4 is 23.4 Å². The average Bonchev–Trinajstić information content (AvgIpc) is 2.29. The van der Waals surface area contributed by atoms with Crippen molar-refractivity contribution < 1.29 is 18.0 Å². The van der Waals surface area contributed by atoms with Gasteiger partial charge in [-0.1, -0.05) is 19.1 Å². The second-order valence-electron chi connectivity index (χ2n) is 4.65. The standard InChI is InChI=1S/C13H17F3N2OS/c1-4-17-12(2,3)11(19)18-9-7-5-6-8-10(9)20-13(14,15)16/h5-8,17H,4H2,1-3H3,(H,18,19). The van der Waals surface area contributed by atoms with E-state index >= 15 is 0 Å². The number of nitrogens with one attached hydrogen (secondary N) is 2. The molecule has 0 aliphatic heterocycles. The van der Waals surface area contributed by atoms with E-state index in [9.17, 15) is 18.0 Å². The van der Waals surface area contributed by atoms with Gasteiger partial charge >= 0.3 is 5.51 Å². The zero-order valence-corrected chi connectivity index (χ0v) is 12.3. The van der Waals surface area contributed by atoms with E-state index in [4.69, 9.17) is 0 Å². The molecule has 0 radical (unpaired) electrons. The van der Waals surface area contributed by atoms with Gasteiger partial charge in [-0.2, -0.15) is 13.2 Å². The van der Waals surface area contributed by atoms with Gasteiger partial charge in [-0.25, -0.2) is 0 Å². The number of carbonyl (C=O) groups excluding carboxylic acids is 1. The number of rotatable bonds is 5. The molecular weight excluding hydrogens is 289 g/mol. The van der Waals surface area contributed by atoms with Crippen molar-refractivity contribution in [2.24, 2.45) is 0 Å². The van der Waals surface area contributed by atoms with Crippen LogP contribution in [0.25, 0.3) is 0 Å². The third-order valence-corrected chi connectivity index (χ3v) is 3.35. The molecule has 0 saturated carbocycles. The Labute approximate surface area is 120 Å². The predicted octanol–water partition coefficient (Wildman–Crippen LogP) is 3.63. The number of amides is 1. The predicted molar refractivity (Wildman–Crippen MR) is 74.7 cm³/mol. The molecule has 0 heterocycles. The molecule has 3 nitrogen and oxygen atoms in total. The smallest absolute Gasteiger partial charge is 0.323 e. The number of likely N-dealkylation sites (N-methyl/N-ethyl adjacent to an activating group) is 1. The third-order valence-electron chi connectivity index (χ3n) is 2.55. The van der Waals surface area contributed by atoms with Gasteiger partial charge in [0.2, 0.25) is 5.91 Å². The Bertz CT molecular complexity index is 475. The third kappa shape index (κ3) is 5.05. The van der Waals surface area contributed by atoms with E-state index in [1.807, 2.05) is 6.92 Å². The lowest BCUT2D eigenvalue weighted by Crippen LogP contribution is -2.49. The maximum Gasteiger partial charge on any atom is 0.446 e. The maximum absolute atomic E-state index is 12.5. The van der Waals surface area contributed by atoms with Gasteiger partial charge < -0.3 is 10.6 Å². The van der Waals surface area contributed by atoms with Crippen LogP contribution in [-0.4, -0.2) is 23.5 Å². The number of anilines is 1. The summed E-state index contributed by atoms with van der Waals surface area (Å²) < 4.78 is 37.4. The van der Waals surface area contributed by atoms with Crippen LogP contribution in [0.4, 0.5) is 18.9 Å². The van der Waals surface area contributed by atoms with Crippen molar-refractivity contribution in [3.8, 4) is 0 Å². The van der Waals surface area contributed by atoms with Gasteiger partial charge in [-0.15, -0.1) is 0 Å². The molecule has 0 aliphatic carbocycles. The molecule has 0 aromatic heterocycles. The molecule has 112 valence electrons. The summed E-state index contributed by atoms with van der Waals surface area (Å²) in [6.45, 7) is 5.78. The summed E-state index contributed by atoms with van der Waals surface area (Å²) >= 11 is -0.242. The lowest BCUT2D eigenvalue weighted by molar-refractivity contribution is -0.121. The molecule has 0 aliphatic rings. The van der Waals surface area contributed by atoms with Crippen molar-refractivity contribution in [3.63, 3.8) is 0 Å². The fourth-order valence-corrected chi connectivity index (χ4v) is 2.21.